The summed E-state index contributed by atoms with van der Waals surface area (Å²) in [7, 11) is 0. The molecule has 0 fully saturated rings. The van der Waals surface area contributed by atoms with Crippen molar-refractivity contribution in [3.8, 4) is 11.4 Å². The smallest absolute Gasteiger partial charge is 0.326 e. The van der Waals surface area contributed by atoms with Crippen LogP contribution in [0.25, 0.3) is 11.4 Å². The van der Waals surface area contributed by atoms with E-state index < -0.39 is 23.7 Å². The number of aromatic amines is 1. The van der Waals surface area contributed by atoms with Crippen LogP contribution in [0, 0.1) is 19.7 Å². The molecule has 2 aromatic heterocycles. The summed E-state index contributed by atoms with van der Waals surface area (Å²) in [6.07, 6.45) is 4.06. The maximum Gasteiger partial charge on any atom is 0.326 e. The fourth-order valence-corrected chi connectivity index (χ4v) is 4.30. The van der Waals surface area contributed by atoms with Gasteiger partial charge in [0, 0.05) is 23.7 Å². The van der Waals surface area contributed by atoms with Crippen molar-refractivity contribution < 1.29 is 19.1 Å². The molecule has 4 N–H and O–H groups in total. The minimum Gasteiger partial charge on any atom is -0.480 e. The molecule has 2 heterocycles. The van der Waals surface area contributed by atoms with Gasteiger partial charge in [-0.2, -0.15) is 0 Å². The number of pyridine rings is 1. The van der Waals surface area contributed by atoms with E-state index in [0.717, 1.165) is 28.2 Å². The Bertz CT molecular complexity index is 1450. The number of nitrogens with zero attached hydrogens (tertiary/aromatic N) is 2. The van der Waals surface area contributed by atoms with E-state index in [1.54, 1.807) is 19.3 Å². The van der Waals surface area contributed by atoms with Crippen molar-refractivity contribution in [3.63, 3.8) is 0 Å². The number of halogens is 1. The minimum atomic E-state index is -1.15. The standard InChI is InChI=1S/C29H30FN5O3/c1-4-20-14-22(30)12-18(3)26(20)28(36)35-24(29(37)38)13-19-5-7-21(8-6-19)27-33-16-23(34-27)15-32-25-11-17(2)9-10-31-25/h5-12,14,16,24H,4,13,15H2,1-3H3,(H,31,32)(H,33,34)(H,35,36)(H,37,38). The van der Waals surface area contributed by atoms with Crippen molar-refractivity contribution >= 4 is 17.7 Å². The molecule has 4 aromatic rings. The zero-order chi connectivity index (χ0) is 27.2. The second kappa shape index (κ2) is 11.7. The number of carbonyl (C=O) groups excluding carboxylic acids is 1. The van der Waals surface area contributed by atoms with Crippen LogP contribution in [0.1, 0.15) is 45.2 Å². The molecule has 38 heavy (non-hydrogen) atoms. The lowest BCUT2D eigenvalue weighted by Gasteiger charge is -2.17. The fraction of sp³-hybridized carbons (Fsp3) is 0.241. The van der Waals surface area contributed by atoms with Gasteiger partial charge in [0.2, 0.25) is 0 Å². The highest BCUT2D eigenvalue weighted by atomic mass is 19.1. The van der Waals surface area contributed by atoms with Crippen LogP contribution in [0.5, 0.6) is 0 Å². The molecule has 0 aliphatic heterocycles. The zero-order valence-corrected chi connectivity index (χ0v) is 21.5. The number of hydrogen-bond acceptors (Lipinski definition) is 5. The largest absolute Gasteiger partial charge is 0.480 e. The van der Waals surface area contributed by atoms with Crippen molar-refractivity contribution in [3.05, 3.63) is 100 Å². The lowest BCUT2D eigenvalue weighted by atomic mass is 9.98. The third kappa shape index (κ3) is 6.42. The van der Waals surface area contributed by atoms with E-state index in [1.807, 2.05) is 50.2 Å². The maximum absolute atomic E-state index is 13.8. The highest BCUT2D eigenvalue weighted by Crippen LogP contribution is 2.20. The summed E-state index contributed by atoms with van der Waals surface area (Å²) in [6, 6.07) is 12.7. The predicted octanol–water partition coefficient (Wildman–Crippen LogP) is 4.83. The normalized spacial score (nSPS) is 11.7. The Morgan fingerprint density at radius 2 is 1.84 bits per heavy atom. The van der Waals surface area contributed by atoms with Gasteiger partial charge in [-0.15, -0.1) is 0 Å². The molecule has 0 radical (unpaired) electrons. The monoisotopic (exact) mass is 515 g/mol. The number of aryl methyl sites for hydroxylation is 3. The van der Waals surface area contributed by atoms with Crippen LogP contribution >= 0.6 is 0 Å². The quantitative estimate of drug-likeness (QED) is 0.240. The van der Waals surface area contributed by atoms with E-state index in [4.69, 9.17) is 0 Å². The molecule has 8 nitrogen and oxygen atoms in total. The number of carboxylic acids is 1. The Morgan fingerprint density at radius 3 is 2.53 bits per heavy atom. The highest BCUT2D eigenvalue weighted by Gasteiger charge is 2.24. The van der Waals surface area contributed by atoms with Gasteiger partial charge in [-0.05, 0) is 66.8 Å². The lowest BCUT2D eigenvalue weighted by Crippen LogP contribution is -2.42. The van der Waals surface area contributed by atoms with Crippen molar-refractivity contribution in [1.29, 1.82) is 0 Å². The number of H-pyrrole nitrogens is 1. The van der Waals surface area contributed by atoms with E-state index in [9.17, 15) is 19.1 Å². The first kappa shape index (κ1) is 26.5. The molecule has 196 valence electrons. The van der Waals surface area contributed by atoms with Crippen molar-refractivity contribution in [1.82, 2.24) is 20.3 Å². The first-order chi connectivity index (χ1) is 18.2. The average Bonchev–Trinajstić information content (AvgIpc) is 3.36. The predicted molar refractivity (Wildman–Crippen MR) is 143 cm³/mol. The van der Waals surface area contributed by atoms with Crippen LogP contribution in [-0.2, 0) is 24.2 Å². The lowest BCUT2D eigenvalue weighted by molar-refractivity contribution is -0.139. The van der Waals surface area contributed by atoms with E-state index in [0.29, 0.717) is 35.5 Å². The summed E-state index contributed by atoms with van der Waals surface area (Å²) in [5.74, 6) is -0.625. The second-order valence-electron chi connectivity index (χ2n) is 9.20. The van der Waals surface area contributed by atoms with Gasteiger partial charge in [-0.1, -0.05) is 31.2 Å². The number of imidazole rings is 1. The van der Waals surface area contributed by atoms with Gasteiger partial charge in [-0.3, -0.25) is 4.79 Å². The van der Waals surface area contributed by atoms with Crippen LogP contribution in [0.3, 0.4) is 0 Å². The van der Waals surface area contributed by atoms with E-state index in [-0.39, 0.29) is 6.42 Å². The molecule has 0 spiro atoms. The van der Waals surface area contributed by atoms with Gasteiger partial charge in [-0.25, -0.2) is 19.2 Å². The molecule has 1 unspecified atom stereocenters. The van der Waals surface area contributed by atoms with Crippen LogP contribution in [0.4, 0.5) is 10.2 Å². The first-order valence-electron chi connectivity index (χ1n) is 12.4. The Kier molecular flexibility index (Phi) is 8.15. The fourth-order valence-electron chi connectivity index (χ4n) is 4.30. The third-order valence-corrected chi connectivity index (χ3v) is 6.26. The number of anilines is 1. The SMILES string of the molecule is CCc1cc(F)cc(C)c1C(=O)NC(Cc1ccc(-c2ncc(CNc3cc(C)ccn3)[nH]2)cc1)C(=O)O. The summed E-state index contributed by atoms with van der Waals surface area (Å²) in [6.45, 7) is 6.00. The number of aliphatic carboxylic acids is 1. The zero-order valence-electron chi connectivity index (χ0n) is 21.5. The van der Waals surface area contributed by atoms with Gasteiger partial charge in [0.1, 0.15) is 23.5 Å². The molecule has 1 amide bonds. The summed E-state index contributed by atoms with van der Waals surface area (Å²) in [5.41, 5.74) is 4.92. The van der Waals surface area contributed by atoms with Gasteiger partial charge in [0.25, 0.3) is 5.91 Å². The van der Waals surface area contributed by atoms with Crippen molar-refractivity contribution in [2.45, 2.75) is 46.2 Å². The number of benzene rings is 2. The Balaban J connectivity index is 1.41. The van der Waals surface area contributed by atoms with Crippen LogP contribution in [-0.4, -0.2) is 38.0 Å². The van der Waals surface area contributed by atoms with Crippen molar-refractivity contribution in [2.24, 2.45) is 0 Å². The second-order valence-corrected chi connectivity index (χ2v) is 9.20. The van der Waals surface area contributed by atoms with Crippen LogP contribution < -0.4 is 10.6 Å². The molecular formula is C29H30FN5O3. The van der Waals surface area contributed by atoms with E-state index in [1.165, 1.54) is 12.1 Å². The van der Waals surface area contributed by atoms with E-state index >= 15 is 0 Å². The van der Waals surface area contributed by atoms with Gasteiger partial charge in [0.05, 0.1) is 18.4 Å². The number of hydrogen-bond donors (Lipinski definition) is 4. The molecular weight excluding hydrogens is 485 g/mol. The topological polar surface area (TPSA) is 120 Å². The molecule has 0 bridgehead atoms. The maximum atomic E-state index is 13.8. The van der Waals surface area contributed by atoms with Crippen LogP contribution in [0.15, 0.2) is 60.9 Å². The number of amides is 1. The van der Waals surface area contributed by atoms with Gasteiger partial charge in [0.15, 0.2) is 0 Å². The van der Waals surface area contributed by atoms with Gasteiger partial charge >= 0.3 is 5.97 Å². The summed E-state index contributed by atoms with van der Waals surface area (Å²) in [5, 5.41) is 15.6. The molecule has 0 aliphatic carbocycles. The molecule has 0 saturated heterocycles. The molecule has 4 rings (SSSR count). The number of nitrogens with one attached hydrogen (secondary N) is 3. The summed E-state index contributed by atoms with van der Waals surface area (Å²) in [4.78, 5) is 36.9. The first-order valence-corrected chi connectivity index (χ1v) is 12.4. The molecule has 0 saturated carbocycles. The average molecular weight is 516 g/mol. The summed E-state index contributed by atoms with van der Waals surface area (Å²) < 4.78 is 13.8. The Labute approximate surface area is 220 Å². The van der Waals surface area contributed by atoms with Crippen LogP contribution in [0.2, 0.25) is 0 Å². The van der Waals surface area contributed by atoms with E-state index in [2.05, 4.69) is 25.6 Å². The minimum absolute atomic E-state index is 0.0971. The summed E-state index contributed by atoms with van der Waals surface area (Å²) >= 11 is 0. The number of aromatic nitrogens is 3. The number of rotatable bonds is 10. The third-order valence-electron chi connectivity index (χ3n) is 6.26. The molecule has 0 aliphatic rings. The molecule has 1 atom stereocenters. The van der Waals surface area contributed by atoms with Crippen molar-refractivity contribution in [2.75, 3.05) is 5.32 Å². The number of carboxylic acid groups (broad SMARTS) is 1. The molecule has 2 aromatic carbocycles. The molecule has 9 heteroatoms. The number of carbonyl (C=O) groups is 2. The highest BCUT2D eigenvalue weighted by molar-refractivity contribution is 5.99. The van der Waals surface area contributed by atoms with Gasteiger partial charge < -0.3 is 20.7 Å². The Morgan fingerprint density at radius 1 is 1.08 bits per heavy atom. The Hall–Kier alpha value is -4.53.